The van der Waals surface area contributed by atoms with Crippen molar-refractivity contribution in [3.8, 4) is 0 Å². The van der Waals surface area contributed by atoms with E-state index in [4.69, 9.17) is 4.74 Å². The van der Waals surface area contributed by atoms with Gasteiger partial charge in [0.2, 0.25) is 0 Å². The van der Waals surface area contributed by atoms with Gasteiger partial charge in [-0.1, -0.05) is 42.1 Å². The second-order valence-corrected chi connectivity index (χ2v) is 5.16. The Hall–Kier alpha value is 0.400. The number of morpholine rings is 1. The van der Waals surface area contributed by atoms with Gasteiger partial charge in [-0.2, -0.15) is 0 Å². The van der Waals surface area contributed by atoms with Crippen LogP contribution in [0.5, 0.6) is 0 Å². The molecule has 1 aliphatic heterocycles. The number of nitrogens with one attached hydrogen (secondary N) is 1. The zero-order chi connectivity index (χ0) is 9.57. The van der Waals surface area contributed by atoms with Crippen LogP contribution in [0.15, 0.2) is 0 Å². The molecule has 1 unspecified atom stereocenters. The summed E-state index contributed by atoms with van der Waals surface area (Å²) in [4.78, 5) is 0. The van der Waals surface area contributed by atoms with E-state index in [0.717, 1.165) is 26.1 Å². The molecule has 1 fully saturated rings. The highest BCUT2D eigenvalue weighted by Gasteiger charge is 2.28. The van der Waals surface area contributed by atoms with Gasteiger partial charge in [-0.25, -0.2) is 0 Å². The number of unbranched alkanes of at least 4 members (excludes halogenated alkanes) is 3. The van der Waals surface area contributed by atoms with Crippen molar-refractivity contribution >= 4 is 15.9 Å². The Morgan fingerprint density at radius 3 is 2.85 bits per heavy atom. The Bertz CT molecular complexity index is 135. The molecular weight excluding hydrogens is 230 g/mol. The number of hydrogen-bond donors (Lipinski definition) is 1. The molecule has 1 atom stereocenters. The van der Waals surface area contributed by atoms with Crippen molar-refractivity contribution in [3.05, 3.63) is 0 Å². The molecule has 1 rings (SSSR count). The fraction of sp³-hybridized carbons (Fsp3) is 1.00. The fourth-order valence-corrected chi connectivity index (χ4v) is 2.25. The minimum absolute atomic E-state index is 0.0704. The molecule has 1 aliphatic rings. The van der Waals surface area contributed by atoms with Crippen molar-refractivity contribution in [2.45, 2.75) is 43.5 Å². The summed E-state index contributed by atoms with van der Waals surface area (Å²) < 4.78 is 5.63. The molecular formula is C10H20BrNO. The van der Waals surface area contributed by atoms with E-state index in [0.29, 0.717) is 0 Å². The first kappa shape index (κ1) is 11.5. The number of alkyl halides is 1. The minimum atomic E-state index is -0.0704. The lowest BCUT2D eigenvalue weighted by molar-refractivity contribution is 0.000793. The van der Waals surface area contributed by atoms with Crippen LogP contribution in [0, 0.1) is 0 Å². The van der Waals surface area contributed by atoms with Crippen LogP contribution in [0.4, 0.5) is 0 Å². The molecule has 3 heteroatoms. The zero-order valence-corrected chi connectivity index (χ0v) is 10.0. The van der Waals surface area contributed by atoms with Gasteiger partial charge in [0.15, 0.2) is 0 Å². The molecule has 0 aromatic carbocycles. The average molecular weight is 250 g/mol. The molecule has 1 N–H and O–H groups in total. The zero-order valence-electron chi connectivity index (χ0n) is 8.44. The Kier molecular flexibility index (Phi) is 5.29. The van der Waals surface area contributed by atoms with Gasteiger partial charge in [0.25, 0.3) is 0 Å². The first-order valence-electron chi connectivity index (χ1n) is 5.30. The van der Waals surface area contributed by atoms with Gasteiger partial charge in [-0.05, 0) is 12.8 Å². The summed E-state index contributed by atoms with van der Waals surface area (Å²) in [5.74, 6) is 0. The maximum Gasteiger partial charge on any atom is 0.135 e. The average Bonchev–Trinajstić information content (AvgIpc) is 2.14. The Morgan fingerprint density at radius 1 is 1.38 bits per heavy atom. The summed E-state index contributed by atoms with van der Waals surface area (Å²) in [6.45, 7) is 5.00. The maximum absolute atomic E-state index is 5.70. The molecule has 78 valence electrons. The summed E-state index contributed by atoms with van der Waals surface area (Å²) in [5, 5.41) is 3.34. The molecule has 0 aromatic heterocycles. The van der Waals surface area contributed by atoms with Crippen molar-refractivity contribution in [1.29, 1.82) is 0 Å². The first-order chi connectivity index (χ1) is 6.27. The highest BCUT2D eigenvalue weighted by Crippen LogP contribution is 2.27. The van der Waals surface area contributed by atoms with Crippen LogP contribution in [0.25, 0.3) is 0 Å². The van der Waals surface area contributed by atoms with Crippen molar-refractivity contribution in [2.24, 2.45) is 0 Å². The first-order valence-corrected chi connectivity index (χ1v) is 6.10. The van der Waals surface area contributed by atoms with Crippen LogP contribution in [-0.4, -0.2) is 24.2 Å². The van der Waals surface area contributed by atoms with Crippen molar-refractivity contribution < 1.29 is 4.74 Å². The third-order valence-corrected chi connectivity index (χ3v) is 3.34. The van der Waals surface area contributed by atoms with Gasteiger partial charge >= 0.3 is 0 Å². The normalized spacial score (nSPS) is 29.1. The highest BCUT2D eigenvalue weighted by atomic mass is 79.9. The largest absolute Gasteiger partial charge is 0.361 e. The molecule has 0 saturated carbocycles. The van der Waals surface area contributed by atoms with Crippen molar-refractivity contribution in [1.82, 2.24) is 5.32 Å². The van der Waals surface area contributed by atoms with Crippen LogP contribution in [-0.2, 0) is 4.74 Å². The number of rotatable bonds is 5. The summed E-state index contributed by atoms with van der Waals surface area (Å²) >= 11 is 3.66. The van der Waals surface area contributed by atoms with Crippen LogP contribution >= 0.6 is 15.9 Å². The Balaban J connectivity index is 2.10. The molecule has 1 saturated heterocycles. The molecule has 0 aliphatic carbocycles. The van der Waals surface area contributed by atoms with E-state index >= 15 is 0 Å². The second-order valence-electron chi connectivity index (χ2n) is 3.72. The lowest BCUT2D eigenvalue weighted by atomic mass is 10.1. The molecule has 0 aromatic rings. The van der Waals surface area contributed by atoms with E-state index in [-0.39, 0.29) is 4.51 Å². The lowest BCUT2D eigenvalue weighted by Gasteiger charge is -2.32. The second kappa shape index (κ2) is 5.99. The predicted molar refractivity (Wildman–Crippen MR) is 59.2 cm³/mol. The summed E-state index contributed by atoms with van der Waals surface area (Å²) in [6, 6.07) is 0. The van der Waals surface area contributed by atoms with E-state index in [1.165, 1.54) is 25.7 Å². The van der Waals surface area contributed by atoms with Crippen LogP contribution in [0.3, 0.4) is 0 Å². The van der Waals surface area contributed by atoms with Gasteiger partial charge in [0.1, 0.15) is 4.51 Å². The predicted octanol–water partition coefficient (Wildman–Crippen LogP) is 2.67. The summed E-state index contributed by atoms with van der Waals surface area (Å²) in [7, 11) is 0. The minimum Gasteiger partial charge on any atom is -0.361 e. The fourth-order valence-electron chi connectivity index (χ4n) is 1.61. The van der Waals surface area contributed by atoms with Crippen LogP contribution in [0.1, 0.15) is 39.0 Å². The molecule has 0 amide bonds. The van der Waals surface area contributed by atoms with E-state index in [1.807, 2.05) is 0 Å². The smallest absolute Gasteiger partial charge is 0.135 e. The molecule has 0 radical (unpaired) electrons. The molecule has 13 heavy (non-hydrogen) atoms. The quantitative estimate of drug-likeness (QED) is 0.598. The van der Waals surface area contributed by atoms with Gasteiger partial charge < -0.3 is 10.1 Å². The van der Waals surface area contributed by atoms with Crippen molar-refractivity contribution in [2.75, 3.05) is 19.7 Å². The topological polar surface area (TPSA) is 21.3 Å². The van der Waals surface area contributed by atoms with Gasteiger partial charge in [0.05, 0.1) is 6.61 Å². The maximum atomic E-state index is 5.70. The monoisotopic (exact) mass is 249 g/mol. The molecule has 0 bridgehead atoms. The molecule has 2 nitrogen and oxygen atoms in total. The summed E-state index contributed by atoms with van der Waals surface area (Å²) in [5.41, 5.74) is 0. The van der Waals surface area contributed by atoms with Crippen LogP contribution in [0.2, 0.25) is 0 Å². The van der Waals surface area contributed by atoms with Gasteiger partial charge in [-0.15, -0.1) is 0 Å². The van der Waals surface area contributed by atoms with E-state index < -0.39 is 0 Å². The Labute approximate surface area is 89.5 Å². The third kappa shape index (κ3) is 4.43. The lowest BCUT2D eigenvalue weighted by Crippen LogP contribution is -2.45. The van der Waals surface area contributed by atoms with Crippen LogP contribution < -0.4 is 5.32 Å². The van der Waals surface area contributed by atoms with E-state index in [1.54, 1.807) is 0 Å². The third-order valence-electron chi connectivity index (χ3n) is 2.43. The van der Waals surface area contributed by atoms with E-state index in [2.05, 4.69) is 28.2 Å². The molecule has 1 heterocycles. The SMILES string of the molecule is CCCCCCC1(Br)CNCCO1. The number of hydrogen-bond acceptors (Lipinski definition) is 2. The molecule has 0 spiro atoms. The standard InChI is InChI=1S/C10H20BrNO/c1-2-3-4-5-6-10(11)9-12-7-8-13-10/h12H,2-9H2,1H3. The highest BCUT2D eigenvalue weighted by molar-refractivity contribution is 9.10. The van der Waals surface area contributed by atoms with Gasteiger partial charge in [0, 0.05) is 13.1 Å². The van der Waals surface area contributed by atoms with E-state index in [9.17, 15) is 0 Å². The Morgan fingerprint density at radius 2 is 2.23 bits per heavy atom. The van der Waals surface area contributed by atoms with Crippen molar-refractivity contribution in [3.63, 3.8) is 0 Å². The van der Waals surface area contributed by atoms with Gasteiger partial charge in [-0.3, -0.25) is 0 Å². The summed E-state index contributed by atoms with van der Waals surface area (Å²) in [6.07, 6.45) is 6.36. The number of halogens is 1. The number of ether oxygens (including phenoxy) is 1.